The Morgan fingerprint density at radius 1 is 1.17 bits per heavy atom. The lowest BCUT2D eigenvalue weighted by atomic mass is 9.99. The Kier molecular flexibility index (Phi) is 7.66. The van der Waals surface area contributed by atoms with E-state index in [0.29, 0.717) is 18.8 Å². The van der Waals surface area contributed by atoms with E-state index in [-0.39, 0.29) is 16.8 Å². The summed E-state index contributed by atoms with van der Waals surface area (Å²) in [5, 5.41) is 12.0. The molecule has 0 radical (unpaired) electrons. The first-order valence-corrected chi connectivity index (χ1v) is 9.50. The number of allylic oxidation sites excluding steroid dienone is 4. The first-order chi connectivity index (χ1) is 13.9. The molecule has 0 amide bonds. The van der Waals surface area contributed by atoms with Gasteiger partial charge in [-0.15, -0.1) is 0 Å². The molecule has 29 heavy (non-hydrogen) atoms. The Hall–Kier alpha value is -3.47. The van der Waals surface area contributed by atoms with E-state index < -0.39 is 10.7 Å². The van der Waals surface area contributed by atoms with Crippen LogP contribution < -0.4 is 4.90 Å². The molecule has 0 aliphatic rings. The van der Waals surface area contributed by atoms with Crippen LogP contribution in [0.15, 0.2) is 79.4 Å². The lowest BCUT2D eigenvalue weighted by Gasteiger charge is -2.25. The highest BCUT2D eigenvalue weighted by atomic mass is 16.6. The van der Waals surface area contributed by atoms with Gasteiger partial charge in [0.05, 0.1) is 4.92 Å². The third-order valence-electron chi connectivity index (χ3n) is 4.55. The summed E-state index contributed by atoms with van der Waals surface area (Å²) in [6.07, 6.45) is 5.17. The fourth-order valence-corrected chi connectivity index (χ4v) is 3.15. The molecule has 0 heterocycles. The number of nitro benzene ring substituents is 1. The van der Waals surface area contributed by atoms with Crippen molar-refractivity contribution in [2.45, 2.75) is 26.8 Å². The van der Waals surface area contributed by atoms with Crippen molar-refractivity contribution in [3.05, 3.63) is 106 Å². The third kappa shape index (κ3) is 5.29. The minimum Gasteiger partial charge on any atom is -0.362 e. The van der Waals surface area contributed by atoms with E-state index in [2.05, 4.69) is 13.2 Å². The number of ketones is 1. The van der Waals surface area contributed by atoms with Crippen molar-refractivity contribution in [1.29, 1.82) is 0 Å². The highest BCUT2D eigenvalue weighted by Crippen LogP contribution is 2.34. The van der Waals surface area contributed by atoms with Gasteiger partial charge in [0.25, 0.3) is 0 Å². The topological polar surface area (TPSA) is 63.5 Å². The molecule has 2 aromatic rings. The van der Waals surface area contributed by atoms with Gasteiger partial charge in [0.1, 0.15) is 11.3 Å². The molecule has 150 valence electrons. The summed E-state index contributed by atoms with van der Waals surface area (Å²) in [5.41, 5.74) is 2.76. The van der Waals surface area contributed by atoms with E-state index in [4.69, 9.17) is 0 Å². The van der Waals surface area contributed by atoms with Gasteiger partial charge in [-0.2, -0.15) is 0 Å². The molecule has 0 fully saturated rings. The van der Waals surface area contributed by atoms with Gasteiger partial charge < -0.3 is 4.90 Å². The number of carbonyl (C=O) groups is 1. The van der Waals surface area contributed by atoms with Gasteiger partial charge in [-0.05, 0) is 31.0 Å². The summed E-state index contributed by atoms with van der Waals surface area (Å²) in [5.74, 6) is -0.444. The average molecular weight is 390 g/mol. The maximum atomic E-state index is 12.9. The van der Waals surface area contributed by atoms with Gasteiger partial charge in [-0.3, -0.25) is 14.9 Å². The van der Waals surface area contributed by atoms with Crippen LogP contribution in [-0.4, -0.2) is 17.3 Å². The number of carbonyl (C=O) groups excluding carboxylic acids is 1. The summed E-state index contributed by atoms with van der Waals surface area (Å²) < 4.78 is 0. The number of hydrogen-bond acceptors (Lipinski definition) is 4. The minimum atomic E-state index is -0.477. The van der Waals surface area contributed by atoms with Crippen molar-refractivity contribution in [2.75, 3.05) is 11.4 Å². The zero-order chi connectivity index (χ0) is 21.4. The number of para-hydroxylation sites is 1. The molecule has 5 heteroatoms. The second kappa shape index (κ2) is 10.2. The predicted octanol–water partition coefficient (Wildman–Crippen LogP) is 5.80. The Morgan fingerprint density at radius 3 is 2.41 bits per heavy atom. The van der Waals surface area contributed by atoms with Crippen LogP contribution in [0.25, 0.3) is 0 Å². The summed E-state index contributed by atoms with van der Waals surface area (Å²) in [6.45, 7) is 12.4. The fourth-order valence-electron chi connectivity index (χ4n) is 3.15. The molecule has 2 aromatic carbocycles. The summed E-state index contributed by atoms with van der Waals surface area (Å²) >= 11 is 0. The summed E-state index contributed by atoms with van der Waals surface area (Å²) in [4.78, 5) is 26.4. The maximum absolute atomic E-state index is 12.9. The van der Waals surface area contributed by atoms with Crippen molar-refractivity contribution in [3.63, 3.8) is 0 Å². The number of benzene rings is 2. The van der Waals surface area contributed by atoms with E-state index in [1.54, 1.807) is 12.1 Å². The van der Waals surface area contributed by atoms with Gasteiger partial charge in [0.15, 0.2) is 5.78 Å². The molecular weight excluding hydrogens is 364 g/mol. The standard InChI is InChI=1S/C24H26N2O3/c1-5-9-20(7-3)24(27)21-10-8-11-22(23(21)26(28)29)25(16-6-2)17-19-14-12-18(4)13-15-19/h5,7-15H,1,3,6,16-17H2,2,4H3/b20-9+. The van der Waals surface area contributed by atoms with Crippen LogP contribution in [0, 0.1) is 17.0 Å². The first kappa shape index (κ1) is 21.8. The number of hydrogen-bond donors (Lipinski definition) is 0. The normalized spacial score (nSPS) is 11.0. The molecule has 0 aliphatic carbocycles. The monoisotopic (exact) mass is 390 g/mol. The van der Waals surface area contributed by atoms with Crippen LogP contribution in [0.3, 0.4) is 0 Å². The summed E-state index contributed by atoms with van der Waals surface area (Å²) in [7, 11) is 0. The van der Waals surface area contributed by atoms with Gasteiger partial charge in [-0.1, -0.05) is 74.2 Å². The molecule has 0 atom stereocenters. The summed E-state index contributed by atoms with van der Waals surface area (Å²) in [6, 6.07) is 12.9. The number of aryl methyl sites for hydroxylation is 1. The van der Waals surface area contributed by atoms with Crippen LogP contribution in [0.5, 0.6) is 0 Å². The van der Waals surface area contributed by atoms with E-state index in [1.165, 1.54) is 24.3 Å². The number of rotatable bonds is 10. The largest absolute Gasteiger partial charge is 0.362 e. The SMILES string of the molecule is C=C/C=C(\C=C)C(=O)c1cccc(N(CCC)Cc2ccc(C)cc2)c1[N+](=O)[O-]. The van der Waals surface area contributed by atoms with Gasteiger partial charge in [0.2, 0.25) is 0 Å². The molecule has 0 saturated heterocycles. The molecule has 5 nitrogen and oxygen atoms in total. The van der Waals surface area contributed by atoms with Gasteiger partial charge in [0, 0.05) is 18.7 Å². The van der Waals surface area contributed by atoms with Crippen LogP contribution >= 0.6 is 0 Å². The Bertz CT molecular complexity index is 943. The lowest BCUT2D eigenvalue weighted by molar-refractivity contribution is -0.384. The number of Topliss-reactive ketones (excluding diaryl/α,β-unsaturated/α-hetero) is 1. The zero-order valence-corrected chi connectivity index (χ0v) is 16.9. The van der Waals surface area contributed by atoms with E-state index in [1.807, 2.05) is 43.0 Å². The van der Waals surface area contributed by atoms with Gasteiger partial charge in [-0.25, -0.2) is 0 Å². The van der Waals surface area contributed by atoms with Crippen molar-refractivity contribution in [2.24, 2.45) is 0 Å². The fraction of sp³-hybridized carbons (Fsp3) is 0.208. The van der Waals surface area contributed by atoms with Crippen molar-refractivity contribution >= 4 is 17.2 Å². The average Bonchev–Trinajstić information content (AvgIpc) is 2.72. The highest BCUT2D eigenvalue weighted by molar-refractivity contribution is 6.14. The Balaban J connectivity index is 2.56. The maximum Gasteiger partial charge on any atom is 0.303 e. The molecule has 0 unspecified atom stereocenters. The quantitative estimate of drug-likeness (QED) is 0.169. The number of anilines is 1. The molecule has 0 bridgehead atoms. The molecule has 0 spiro atoms. The second-order valence-corrected chi connectivity index (χ2v) is 6.73. The third-order valence-corrected chi connectivity index (χ3v) is 4.55. The minimum absolute atomic E-state index is 0.0468. The van der Waals surface area contributed by atoms with Crippen LogP contribution in [0.1, 0.15) is 34.8 Å². The van der Waals surface area contributed by atoms with Crippen molar-refractivity contribution < 1.29 is 9.72 Å². The zero-order valence-electron chi connectivity index (χ0n) is 16.9. The molecular formula is C24H26N2O3. The predicted molar refractivity (Wildman–Crippen MR) is 118 cm³/mol. The highest BCUT2D eigenvalue weighted by Gasteiger charge is 2.28. The van der Waals surface area contributed by atoms with E-state index in [0.717, 1.165) is 17.5 Å². The molecule has 0 aliphatic heterocycles. The Labute approximate surface area is 171 Å². The first-order valence-electron chi connectivity index (χ1n) is 9.50. The van der Waals surface area contributed by atoms with Crippen molar-refractivity contribution in [3.8, 4) is 0 Å². The molecule has 0 saturated carbocycles. The smallest absolute Gasteiger partial charge is 0.303 e. The molecule has 0 aromatic heterocycles. The van der Waals surface area contributed by atoms with E-state index >= 15 is 0 Å². The Morgan fingerprint density at radius 2 is 1.86 bits per heavy atom. The number of nitro groups is 1. The molecule has 0 N–H and O–H groups in total. The van der Waals surface area contributed by atoms with Crippen LogP contribution in [0.2, 0.25) is 0 Å². The number of nitrogens with zero attached hydrogens (tertiary/aromatic N) is 2. The van der Waals surface area contributed by atoms with Gasteiger partial charge >= 0.3 is 5.69 Å². The van der Waals surface area contributed by atoms with Crippen LogP contribution in [-0.2, 0) is 6.54 Å². The van der Waals surface area contributed by atoms with Crippen LogP contribution in [0.4, 0.5) is 11.4 Å². The second-order valence-electron chi connectivity index (χ2n) is 6.73. The van der Waals surface area contributed by atoms with E-state index in [9.17, 15) is 14.9 Å². The molecule has 2 rings (SSSR count). The lowest BCUT2D eigenvalue weighted by Crippen LogP contribution is -2.25. The van der Waals surface area contributed by atoms with Crippen molar-refractivity contribution in [1.82, 2.24) is 0 Å².